The lowest BCUT2D eigenvalue weighted by Gasteiger charge is -2.35. The molecule has 0 bridgehead atoms. The predicted octanol–water partition coefficient (Wildman–Crippen LogP) is 2.76. The van der Waals surface area contributed by atoms with E-state index in [1.807, 2.05) is 11.0 Å². The molecule has 1 aliphatic carbocycles. The molecule has 0 radical (unpaired) electrons. The highest BCUT2D eigenvalue weighted by molar-refractivity contribution is 5.76. The van der Waals surface area contributed by atoms with Crippen LogP contribution in [0, 0.1) is 0 Å². The number of carbonyl (C=O) groups is 1. The van der Waals surface area contributed by atoms with Gasteiger partial charge in [0.25, 0.3) is 0 Å². The third-order valence-electron chi connectivity index (χ3n) is 6.20. The first-order valence-corrected chi connectivity index (χ1v) is 10.9. The average molecular weight is 388 g/mol. The van der Waals surface area contributed by atoms with Crippen LogP contribution in [0.1, 0.15) is 50.5 Å². The van der Waals surface area contributed by atoms with Crippen molar-refractivity contribution in [2.24, 2.45) is 0 Å². The number of nitrogens with zero attached hydrogens (tertiary/aromatic N) is 2. The number of hydrogen-bond acceptors (Lipinski definition) is 5. The molecule has 1 saturated carbocycles. The van der Waals surface area contributed by atoms with E-state index in [9.17, 15) is 4.79 Å². The largest absolute Gasteiger partial charge is 0.454 e. The summed E-state index contributed by atoms with van der Waals surface area (Å²) in [4.78, 5) is 17.0. The minimum Gasteiger partial charge on any atom is -0.454 e. The van der Waals surface area contributed by atoms with Crippen LogP contribution < -0.4 is 14.8 Å². The quantitative estimate of drug-likeness (QED) is 0.761. The Morgan fingerprint density at radius 1 is 1.00 bits per heavy atom. The summed E-state index contributed by atoms with van der Waals surface area (Å²) < 4.78 is 10.8. The average Bonchev–Trinajstić information content (AvgIpc) is 3.03. The normalized spacial score (nSPS) is 20.9. The van der Waals surface area contributed by atoms with Gasteiger partial charge in [-0.15, -0.1) is 0 Å². The van der Waals surface area contributed by atoms with Crippen LogP contribution in [-0.4, -0.2) is 61.3 Å². The molecular weight excluding hydrogens is 354 g/mol. The zero-order valence-corrected chi connectivity index (χ0v) is 16.8. The minimum absolute atomic E-state index is 0.295. The van der Waals surface area contributed by atoms with Gasteiger partial charge in [-0.1, -0.05) is 31.7 Å². The number of piperazine rings is 1. The van der Waals surface area contributed by atoms with Gasteiger partial charge in [0.2, 0.25) is 12.7 Å². The zero-order chi connectivity index (χ0) is 19.2. The second kappa shape index (κ2) is 9.61. The van der Waals surface area contributed by atoms with Crippen molar-refractivity contribution < 1.29 is 14.3 Å². The van der Waals surface area contributed by atoms with E-state index < -0.39 is 0 Å². The van der Waals surface area contributed by atoms with Gasteiger partial charge in [0.1, 0.15) is 0 Å². The van der Waals surface area contributed by atoms with Crippen molar-refractivity contribution in [3.8, 4) is 11.5 Å². The lowest BCUT2D eigenvalue weighted by molar-refractivity contribution is -0.132. The molecule has 1 N–H and O–H groups in total. The fraction of sp³-hybridized carbons (Fsp3) is 0.682. The van der Waals surface area contributed by atoms with Gasteiger partial charge in [-0.05, 0) is 30.5 Å². The molecule has 1 amide bonds. The summed E-state index contributed by atoms with van der Waals surface area (Å²) in [6, 6.07) is 6.77. The van der Waals surface area contributed by atoms with E-state index in [1.165, 1.54) is 44.1 Å². The fourth-order valence-corrected chi connectivity index (χ4v) is 4.48. The van der Waals surface area contributed by atoms with Crippen molar-refractivity contribution in [1.82, 2.24) is 15.1 Å². The molecule has 3 aliphatic rings. The summed E-state index contributed by atoms with van der Waals surface area (Å²) in [6.07, 6.45) is 8.56. The molecule has 1 saturated heterocycles. The summed E-state index contributed by atoms with van der Waals surface area (Å²) in [7, 11) is 0. The molecule has 0 spiro atoms. The van der Waals surface area contributed by atoms with Crippen LogP contribution in [-0.2, 0) is 11.3 Å². The molecule has 2 aliphatic heterocycles. The van der Waals surface area contributed by atoms with Crippen LogP contribution in [0.15, 0.2) is 18.2 Å². The van der Waals surface area contributed by atoms with Crippen LogP contribution in [0.4, 0.5) is 0 Å². The van der Waals surface area contributed by atoms with Gasteiger partial charge in [-0.3, -0.25) is 9.69 Å². The molecule has 154 valence electrons. The van der Waals surface area contributed by atoms with E-state index in [0.717, 1.165) is 50.8 Å². The van der Waals surface area contributed by atoms with Crippen LogP contribution >= 0.6 is 0 Å². The van der Waals surface area contributed by atoms with Crippen molar-refractivity contribution in [3.05, 3.63) is 23.8 Å². The Hall–Kier alpha value is -1.79. The Morgan fingerprint density at radius 2 is 1.75 bits per heavy atom. The SMILES string of the molecule is O=C(CCNC1CCCCCC1)N1CCN(Cc2ccc3c(c2)OCO3)CC1. The van der Waals surface area contributed by atoms with Crippen molar-refractivity contribution in [2.75, 3.05) is 39.5 Å². The molecule has 0 aromatic heterocycles. The van der Waals surface area contributed by atoms with E-state index in [1.54, 1.807) is 0 Å². The number of ether oxygens (including phenoxy) is 2. The van der Waals surface area contributed by atoms with Gasteiger partial charge < -0.3 is 19.7 Å². The smallest absolute Gasteiger partial charge is 0.231 e. The summed E-state index contributed by atoms with van der Waals surface area (Å²) >= 11 is 0. The summed E-state index contributed by atoms with van der Waals surface area (Å²) in [5.74, 6) is 1.97. The second-order valence-electron chi connectivity index (χ2n) is 8.24. The minimum atomic E-state index is 0.295. The van der Waals surface area contributed by atoms with Crippen molar-refractivity contribution in [2.45, 2.75) is 57.5 Å². The highest BCUT2D eigenvalue weighted by atomic mass is 16.7. The molecule has 1 aromatic rings. The molecule has 2 heterocycles. The molecular formula is C22H33N3O3. The predicted molar refractivity (Wildman–Crippen MR) is 109 cm³/mol. The van der Waals surface area contributed by atoms with Crippen LogP contribution in [0.3, 0.4) is 0 Å². The van der Waals surface area contributed by atoms with Crippen LogP contribution in [0.2, 0.25) is 0 Å². The van der Waals surface area contributed by atoms with E-state index in [-0.39, 0.29) is 0 Å². The molecule has 4 rings (SSSR count). The van der Waals surface area contributed by atoms with Crippen molar-refractivity contribution >= 4 is 5.91 Å². The fourth-order valence-electron chi connectivity index (χ4n) is 4.48. The lowest BCUT2D eigenvalue weighted by atomic mass is 10.1. The molecule has 1 aromatic carbocycles. The number of nitrogens with one attached hydrogen (secondary N) is 1. The van der Waals surface area contributed by atoms with Crippen molar-refractivity contribution in [1.29, 1.82) is 0 Å². The van der Waals surface area contributed by atoms with E-state index in [4.69, 9.17) is 9.47 Å². The Kier molecular flexibility index (Phi) is 6.70. The molecule has 2 fully saturated rings. The standard InChI is InChI=1S/C22H33N3O3/c26-22(9-10-23-19-5-3-1-2-4-6-19)25-13-11-24(12-14-25)16-18-7-8-20-21(15-18)28-17-27-20/h7-8,15,19,23H,1-6,9-14,16-17H2. The van der Waals surface area contributed by atoms with Gasteiger partial charge in [0, 0.05) is 51.7 Å². The topological polar surface area (TPSA) is 54.0 Å². The number of rotatable bonds is 6. The number of amides is 1. The molecule has 0 atom stereocenters. The van der Waals surface area contributed by atoms with Gasteiger partial charge in [0.05, 0.1) is 0 Å². The van der Waals surface area contributed by atoms with E-state index >= 15 is 0 Å². The van der Waals surface area contributed by atoms with Crippen LogP contribution in [0.5, 0.6) is 11.5 Å². The zero-order valence-electron chi connectivity index (χ0n) is 16.8. The Labute approximate surface area is 168 Å². The second-order valence-corrected chi connectivity index (χ2v) is 8.24. The molecule has 6 nitrogen and oxygen atoms in total. The number of carbonyl (C=O) groups excluding carboxylic acids is 1. The third-order valence-corrected chi connectivity index (χ3v) is 6.20. The Bertz CT molecular complexity index is 650. The molecule has 28 heavy (non-hydrogen) atoms. The van der Waals surface area contributed by atoms with Gasteiger partial charge in [-0.2, -0.15) is 0 Å². The number of benzene rings is 1. The van der Waals surface area contributed by atoms with E-state index in [0.29, 0.717) is 25.2 Å². The molecule has 0 unspecified atom stereocenters. The Balaban J connectivity index is 1.16. The first-order valence-electron chi connectivity index (χ1n) is 10.9. The highest BCUT2D eigenvalue weighted by Gasteiger charge is 2.22. The van der Waals surface area contributed by atoms with Crippen molar-refractivity contribution in [3.63, 3.8) is 0 Å². The summed E-state index contributed by atoms with van der Waals surface area (Å²) in [5, 5.41) is 3.61. The van der Waals surface area contributed by atoms with E-state index in [2.05, 4.69) is 22.3 Å². The first-order chi connectivity index (χ1) is 13.8. The maximum absolute atomic E-state index is 12.5. The van der Waals surface area contributed by atoms with Gasteiger partial charge >= 0.3 is 0 Å². The van der Waals surface area contributed by atoms with Gasteiger partial charge in [0.15, 0.2) is 11.5 Å². The monoisotopic (exact) mass is 387 g/mol. The number of fused-ring (bicyclic) bond motifs is 1. The highest BCUT2D eigenvalue weighted by Crippen LogP contribution is 2.32. The lowest BCUT2D eigenvalue weighted by Crippen LogP contribution is -2.48. The molecule has 6 heteroatoms. The maximum Gasteiger partial charge on any atom is 0.231 e. The summed E-state index contributed by atoms with van der Waals surface area (Å²) in [5.41, 5.74) is 1.23. The Morgan fingerprint density at radius 3 is 2.54 bits per heavy atom. The maximum atomic E-state index is 12.5. The first kappa shape index (κ1) is 19.5. The van der Waals surface area contributed by atoms with Gasteiger partial charge in [-0.25, -0.2) is 0 Å². The number of hydrogen-bond donors (Lipinski definition) is 1. The van der Waals surface area contributed by atoms with Crippen LogP contribution in [0.25, 0.3) is 0 Å². The third kappa shape index (κ3) is 5.17. The summed E-state index contributed by atoms with van der Waals surface area (Å²) in [6.45, 7) is 5.53.